The normalized spacial score (nSPS) is 13.4. The molecule has 5 nitrogen and oxygen atoms in total. The van der Waals surface area contributed by atoms with Crippen LogP contribution in [-0.2, 0) is 9.59 Å². The molecule has 5 heteroatoms. The second kappa shape index (κ2) is 9.49. The summed E-state index contributed by atoms with van der Waals surface area (Å²) in [6.45, 7) is 4.18. The smallest absolute Gasteiger partial charge is 0.306 e. The highest BCUT2D eigenvalue weighted by Gasteiger charge is 2.12. The molecular formula is C13H22N2O3. The van der Waals surface area contributed by atoms with Crippen LogP contribution in [0, 0.1) is 18.3 Å². The Morgan fingerprint density at radius 1 is 1.33 bits per heavy atom. The zero-order valence-corrected chi connectivity index (χ0v) is 11.0. The van der Waals surface area contributed by atoms with Crippen LogP contribution < -0.4 is 10.6 Å². The van der Waals surface area contributed by atoms with Crippen molar-refractivity contribution in [2.75, 3.05) is 13.1 Å². The number of carbonyl (C=O) groups is 2. The lowest BCUT2D eigenvalue weighted by molar-refractivity contribution is -0.141. The van der Waals surface area contributed by atoms with Crippen LogP contribution in [0.15, 0.2) is 0 Å². The van der Waals surface area contributed by atoms with Gasteiger partial charge in [-0.1, -0.05) is 19.3 Å². The molecule has 0 radical (unpaired) electrons. The Labute approximate surface area is 108 Å². The van der Waals surface area contributed by atoms with E-state index in [1.165, 1.54) is 0 Å². The third-order valence-electron chi connectivity index (χ3n) is 2.62. The van der Waals surface area contributed by atoms with Crippen LogP contribution in [0.1, 0.15) is 33.1 Å². The van der Waals surface area contributed by atoms with Crippen LogP contribution >= 0.6 is 0 Å². The third-order valence-corrected chi connectivity index (χ3v) is 2.62. The fourth-order valence-electron chi connectivity index (χ4n) is 1.50. The molecule has 2 unspecified atom stereocenters. The Balaban J connectivity index is 3.64. The number of carbonyl (C=O) groups excluding carboxylic acids is 1. The predicted octanol–water partition coefficient (Wildman–Crippen LogP) is 0.605. The van der Waals surface area contributed by atoms with Gasteiger partial charge >= 0.3 is 5.97 Å². The fraction of sp³-hybridized carbons (Fsp3) is 0.692. The van der Waals surface area contributed by atoms with E-state index in [1.807, 2.05) is 6.92 Å². The molecule has 0 rings (SSSR count). The molecule has 18 heavy (non-hydrogen) atoms. The van der Waals surface area contributed by atoms with Crippen molar-refractivity contribution in [2.24, 2.45) is 5.92 Å². The molecule has 0 bridgehead atoms. The summed E-state index contributed by atoms with van der Waals surface area (Å²) in [4.78, 5) is 22.0. The molecule has 102 valence electrons. The highest BCUT2D eigenvalue weighted by Crippen LogP contribution is 2.09. The van der Waals surface area contributed by atoms with E-state index in [4.69, 9.17) is 11.5 Å². The molecule has 3 N–H and O–H groups in total. The molecule has 0 aliphatic heterocycles. The average molecular weight is 254 g/mol. The van der Waals surface area contributed by atoms with Crippen LogP contribution in [0.5, 0.6) is 0 Å². The number of terminal acetylenes is 1. The number of hydrogen-bond acceptors (Lipinski definition) is 3. The molecule has 0 saturated heterocycles. The van der Waals surface area contributed by atoms with Gasteiger partial charge in [-0.3, -0.25) is 14.9 Å². The number of aliphatic carboxylic acids is 1. The van der Waals surface area contributed by atoms with Gasteiger partial charge in [0, 0.05) is 6.04 Å². The third kappa shape index (κ3) is 8.59. The molecule has 1 amide bonds. The van der Waals surface area contributed by atoms with Gasteiger partial charge in [0.1, 0.15) is 0 Å². The van der Waals surface area contributed by atoms with Crippen molar-refractivity contribution >= 4 is 11.9 Å². The molecular weight excluding hydrogens is 232 g/mol. The van der Waals surface area contributed by atoms with Crippen molar-refractivity contribution in [1.29, 1.82) is 0 Å². The van der Waals surface area contributed by atoms with Gasteiger partial charge < -0.3 is 10.4 Å². The van der Waals surface area contributed by atoms with Crippen molar-refractivity contribution in [2.45, 2.75) is 39.2 Å². The zero-order chi connectivity index (χ0) is 14.0. The topological polar surface area (TPSA) is 78.4 Å². The molecule has 0 aliphatic carbocycles. The van der Waals surface area contributed by atoms with Gasteiger partial charge in [0.2, 0.25) is 5.91 Å². The lowest BCUT2D eigenvalue weighted by atomic mass is 10.0. The minimum atomic E-state index is -0.773. The molecule has 0 fully saturated rings. The number of carboxylic acids is 1. The molecule has 0 saturated carbocycles. The molecule has 0 heterocycles. The SMILES string of the molecule is C#CCNCC(=O)NC(C)CCCC(C)C(=O)O. The predicted molar refractivity (Wildman–Crippen MR) is 70.0 cm³/mol. The Morgan fingerprint density at radius 2 is 2.00 bits per heavy atom. The highest BCUT2D eigenvalue weighted by molar-refractivity contribution is 5.78. The van der Waals surface area contributed by atoms with Crippen molar-refractivity contribution in [3.8, 4) is 12.3 Å². The van der Waals surface area contributed by atoms with Crippen molar-refractivity contribution in [3.63, 3.8) is 0 Å². The van der Waals surface area contributed by atoms with E-state index in [2.05, 4.69) is 16.6 Å². The molecule has 0 aromatic heterocycles. The summed E-state index contributed by atoms with van der Waals surface area (Å²) in [5.74, 6) is 1.19. The first-order chi connectivity index (χ1) is 8.47. The van der Waals surface area contributed by atoms with E-state index in [0.29, 0.717) is 13.0 Å². The van der Waals surface area contributed by atoms with Gasteiger partial charge in [0.05, 0.1) is 19.0 Å². The molecule has 0 aromatic carbocycles. The summed E-state index contributed by atoms with van der Waals surface area (Å²) in [7, 11) is 0. The van der Waals surface area contributed by atoms with Gasteiger partial charge in [0.15, 0.2) is 0 Å². The van der Waals surface area contributed by atoms with E-state index in [0.717, 1.165) is 12.8 Å². The Kier molecular flexibility index (Phi) is 8.67. The van der Waals surface area contributed by atoms with Gasteiger partial charge in [-0.15, -0.1) is 6.42 Å². The molecule has 0 aliphatic rings. The van der Waals surface area contributed by atoms with Crippen molar-refractivity contribution in [1.82, 2.24) is 10.6 Å². The van der Waals surface area contributed by atoms with Gasteiger partial charge in [-0.05, 0) is 19.8 Å². The maximum atomic E-state index is 11.4. The average Bonchev–Trinajstić information content (AvgIpc) is 2.28. The Hall–Kier alpha value is -1.54. The largest absolute Gasteiger partial charge is 0.481 e. The van der Waals surface area contributed by atoms with Gasteiger partial charge in [-0.2, -0.15) is 0 Å². The second-order valence-electron chi connectivity index (χ2n) is 4.45. The summed E-state index contributed by atoms with van der Waals surface area (Å²) in [5, 5.41) is 14.3. The number of carboxylic acid groups (broad SMARTS) is 1. The van der Waals surface area contributed by atoms with E-state index in [-0.39, 0.29) is 24.4 Å². The second-order valence-corrected chi connectivity index (χ2v) is 4.45. The lowest BCUT2D eigenvalue weighted by Crippen LogP contribution is -2.39. The van der Waals surface area contributed by atoms with E-state index in [9.17, 15) is 9.59 Å². The number of rotatable bonds is 9. The zero-order valence-electron chi connectivity index (χ0n) is 11.0. The van der Waals surface area contributed by atoms with Crippen molar-refractivity contribution < 1.29 is 14.7 Å². The molecule has 0 aromatic rings. The summed E-state index contributed by atoms with van der Waals surface area (Å²) in [5.41, 5.74) is 0. The first-order valence-electron chi connectivity index (χ1n) is 6.13. The minimum absolute atomic E-state index is 0.0473. The first kappa shape index (κ1) is 16.5. The maximum absolute atomic E-state index is 11.4. The maximum Gasteiger partial charge on any atom is 0.306 e. The fourth-order valence-corrected chi connectivity index (χ4v) is 1.50. The quantitative estimate of drug-likeness (QED) is 0.416. The summed E-state index contributed by atoms with van der Waals surface area (Å²) in [6, 6.07) is 0.0473. The van der Waals surface area contributed by atoms with Crippen molar-refractivity contribution in [3.05, 3.63) is 0 Å². The van der Waals surface area contributed by atoms with Crippen LogP contribution in [0.25, 0.3) is 0 Å². The minimum Gasteiger partial charge on any atom is -0.481 e. The molecule has 0 spiro atoms. The van der Waals surface area contributed by atoms with Crippen LogP contribution in [0.4, 0.5) is 0 Å². The lowest BCUT2D eigenvalue weighted by Gasteiger charge is -2.14. The van der Waals surface area contributed by atoms with Gasteiger partial charge in [0.25, 0.3) is 0 Å². The standard InChI is InChI=1S/C13H22N2O3/c1-4-8-14-9-12(16)15-11(3)7-5-6-10(2)13(17)18/h1,10-11,14H,5-9H2,2-3H3,(H,15,16)(H,17,18). The van der Waals surface area contributed by atoms with Gasteiger partial charge in [-0.25, -0.2) is 0 Å². The first-order valence-corrected chi connectivity index (χ1v) is 6.13. The van der Waals surface area contributed by atoms with E-state index < -0.39 is 5.97 Å². The Morgan fingerprint density at radius 3 is 2.56 bits per heavy atom. The number of nitrogens with one attached hydrogen (secondary N) is 2. The van der Waals surface area contributed by atoms with E-state index >= 15 is 0 Å². The Bertz CT molecular complexity index is 310. The summed E-state index contributed by atoms with van der Waals surface area (Å²) < 4.78 is 0. The van der Waals surface area contributed by atoms with Crippen LogP contribution in [0.3, 0.4) is 0 Å². The van der Waals surface area contributed by atoms with Crippen LogP contribution in [0.2, 0.25) is 0 Å². The number of hydrogen-bond donors (Lipinski definition) is 3. The highest BCUT2D eigenvalue weighted by atomic mass is 16.4. The monoisotopic (exact) mass is 254 g/mol. The summed E-state index contributed by atoms with van der Waals surface area (Å²) in [6.07, 6.45) is 7.23. The van der Waals surface area contributed by atoms with E-state index in [1.54, 1.807) is 6.92 Å². The summed E-state index contributed by atoms with van der Waals surface area (Å²) >= 11 is 0. The number of amides is 1. The molecule has 2 atom stereocenters. The van der Waals surface area contributed by atoms with Crippen LogP contribution in [-0.4, -0.2) is 36.1 Å².